The first-order valence-corrected chi connectivity index (χ1v) is 9.24. The van der Waals surface area contributed by atoms with E-state index in [4.69, 9.17) is 37.2 Å². The Hall–Kier alpha value is -1.47. The van der Waals surface area contributed by atoms with Gasteiger partial charge in [0.2, 0.25) is 0 Å². The summed E-state index contributed by atoms with van der Waals surface area (Å²) in [7, 11) is -4.14. The van der Waals surface area contributed by atoms with E-state index in [1.807, 2.05) is 0 Å². The fourth-order valence-corrected chi connectivity index (χ4v) is 3.60. The predicted molar refractivity (Wildman–Crippen MR) is 92.7 cm³/mol. The molecule has 1 N–H and O–H groups in total. The molecule has 0 spiro atoms. The lowest BCUT2D eigenvalue weighted by Crippen LogP contribution is -2.11. The highest BCUT2D eigenvalue weighted by Crippen LogP contribution is 2.32. The topological polar surface area (TPSA) is 72.8 Å². The lowest BCUT2D eigenvalue weighted by molar-refractivity contribution is 0.233. The molecule has 0 aliphatic carbocycles. The molecular weight excluding hydrogens is 375 g/mol. The second-order valence-corrected chi connectivity index (χ2v) is 7.30. The first-order chi connectivity index (χ1) is 11.3. The first kappa shape index (κ1) is 18.9. The smallest absolute Gasteiger partial charge is 0.340 e. The summed E-state index contributed by atoms with van der Waals surface area (Å²) in [6.07, 6.45) is 0.473. The van der Waals surface area contributed by atoms with Crippen molar-refractivity contribution in [3.63, 3.8) is 0 Å². The van der Waals surface area contributed by atoms with Gasteiger partial charge in [-0.3, -0.25) is 0 Å². The zero-order valence-corrected chi connectivity index (χ0v) is 15.2. The second kappa shape index (κ2) is 8.07. The number of aliphatic hydroxyl groups is 1. The molecule has 5 nitrogen and oxygen atoms in total. The maximum absolute atomic E-state index is 12.4. The van der Waals surface area contributed by atoms with Crippen molar-refractivity contribution in [3.05, 3.63) is 52.0 Å². The van der Waals surface area contributed by atoms with Gasteiger partial charge in [0.05, 0.1) is 16.7 Å². The summed E-state index contributed by atoms with van der Waals surface area (Å²) in [6.45, 7) is 2.10. The molecule has 2 aromatic carbocycles. The number of halogens is 2. The summed E-state index contributed by atoms with van der Waals surface area (Å²) in [5.74, 6) is 0.552. The molecule has 0 bridgehead atoms. The highest BCUT2D eigenvalue weighted by Gasteiger charge is 2.22. The van der Waals surface area contributed by atoms with Crippen molar-refractivity contribution in [2.24, 2.45) is 0 Å². The molecule has 0 fully saturated rings. The van der Waals surface area contributed by atoms with E-state index in [-0.39, 0.29) is 27.3 Å². The highest BCUT2D eigenvalue weighted by atomic mass is 35.5. The zero-order chi connectivity index (χ0) is 17.7. The van der Waals surface area contributed by atoms with Gasteiger partial charge in [-0.05, 0) is 36.8 Å². The molecule has 0 aromatic heterocycles. The molecule has 0 atom stereocenters. The summed E-state index contributed by atoms with van der Waals surface area (Å²) in [5, 5.41) is 8.81. The van der Waals surface area contributed by atoms with Crippen molar-refractivity contribution in [3.8, 4) is 11.5 Å². The largest absolute Gasteiger partial charge is 0.493 e. The number of hydrogen-bond donors (Lipinski definition) is 1. The van der Waals surface area contributed by atoms with Crippen LogP contribution in [0.4, 0.5) is 0 Å². The van der Waals surface area contributed by atoms with E-state index in [0.29, 0.717) is 18.8 Å². The molecule has 0 radical (unpaired) electrons. The first-order valence-electron chi connectivity index (χ1n) is 7.07. The fourth-order valence-electron chi connectivity index (χ4n) is 1.95. The maximum Gasteiger partial charge on any atom is 0.340 e. The minimum atomic E-state index is -4.14. The Morgan fingerprint density at radius 3 is 2.54 bits per heavy atom. The van der Waals surface area contributed by atoms with Crippen LogP contribution in [-0.2, 0) is 10.1 Å². The molecule has 0 heterocycles. The molecule has 2 rings (SSSR count). The van der Waals surface area contributed by atoms with Gasteiger partial charge in [0.25, 0.3) is 0 Å². The number of aryl methyl sites for hydroxylation is 1. The second-order valence-electron chi connectivity index (χ2n) is 5.00. The quantitative estimate of drug-likeness (QED) is 0.574. The van der Waals surface area contributed by atoms with E-state index in [9.17, 15) is 8.42 Å². The van der Waals surface area contributed by atoms with Gasteiger partial charge in [-0.25, -0.2) is 0 Å². The van der Waals surface area contributed by atoms with Crippen LogP contribution in [0.25, 0.3) is 0 Å². The third kappa shape index (κ3) is 4.77. The van der Waals surface area contributed by atoms with Crippen molar-refractivity contribution in [1.29, 1.82) is 0 Å². The number of rotatable bonds is 7. The molecule has 0 saturated carbocycles. The lowest BCUT2D eigenvalue weighted by Gasteiger charge is -2.12. The van der Waals surface area contributed by atoms with Gasteiger partial charge in [0.15, 0.2) is 0 Å². The van der Waals surface area contributed by atoms with Crippen LogP contribution in [-0.4, -0.2) is 26.7 Å². The van der Waals surface area contributed by atoms with Crippen LogP contribution >= 0.6 is 23.2 Å². The molecule has 0 saturated heterocycles. The Morgan fingerprint density at radius 2 is 1.83 bits per heavy atom. The molecule has 2 aromatic rings. The summed E-state index contributed by atoms with van der Waals surface area (Å²) in [5.41, 5.74) is 0.763. The van der Waals surface area contributed by atoms with Crippen molar-refractivity contribution in [1.82, 2.24) is 0 Å². The van der Waals surface area contributed by atoms with E-state index in [1.54, 1.807) is 19.1 Å². The van der Waals surface area contributed by atoms with E-state index in [1.165, 1.54) is 24.3 Å². The summed E-state index contributed by atoms with van der Waals surface area (Å²) in [4.78, 5) is -0.207. The van der Waals surface area contributed by atoms with Gasteiger partial charge in [-0.2, -0.15) is 8.42 Å². The van der Waals surface area contributed by atoms with Gasteiger partial charge >= 0.3 is 10.1 Å². The minimum Gasteiger partial charge on any atom is -0.493 e. The molecule has 0 aliphatic heterocycles. The van der Waals surface area contributed by atoms with Crippen LogP contribution in [0.5, 0.6) is 11.5 Å². The van der Waals surface area contributed by atoms with Crippen molar-refractivity contribution in [2.45, 2.75) is 18.2 Å². The SMILES string of the molecule is Cc1cc(OCCCO)cc(OS(=O)(=O)c2cccc(Cl)c2Cl)c1. The minimum absolute atomic E-state index is 0.0107. The normalized spacial score (nSPS) is 11.3. The van der Waals surface area contributed by atoms with Crippen molar-refractivity contribution >= 4 is 33.3 Å². The van der Waals surface area contributed by atoms with Crippen LogP contribution < -0.4 is 8.92 Å². The predicted octanol–water partition coefficient (Wildman–Crippen LogP) is 3.83. The Labute approximate surface area is 150 Å². The number of benzene rings is 2. The Kier molecular flexibility index (Phi) is 6.34. The molecule has 130 valence electrons. The number of hydrogen-bond acceptors (Lipinski definition) is 5. The summed E-state index contributed by atoms with van der Waals surface area (Å²) >= 11 is 11.8. The van der Waals surface area contributed by atoms with Crippen molar-refractivity contribution in [2.75, 3.05) is 13.2 Å². The van der Waals surface area contributed by atoms with Crippen molar-refractivity contribution < 1.29 is 22.4 Å². The molecule has 0 unspecified atom stereocenters. The Morgan fingerprint density at radius 1 is 1.12 bits per heavy atom. The van der Waals surface area contributed by atoms with E-state index in [2.05, 4.69) is 0 Å². The molecule has 24 heavy (non-hydrogen) atoms. The van der Waals surface area contributed by atoms with Gasteiger partial charge in [0, 0.05) is 19.1 Å². The summed E-state index contributed by atoms with van der Waals surface area (Å²) in [6, 6.07) is 9.04. The standard InChI is InChI=1S/C16H16Cl2O5S/c1-11-8-12(22-7-3-6-19)10-13(9-11)23-24(20,21)15-5-2-4-14(17)16(15)18/h2,4-5,8-10,19H,3,6-7H2,1H3. The van der Waals surface area contributed by atoms with Crippen LogP contribution in [0.1, 0.15) is 12.0 Å². The van der Waals surface area contributed by atoms with Crippen LogP contribution in [0.15, 0.2) is 41.3 Å². The van der Waals surface area contributed by atoms with Crippen LogP contribution in [0.2, 0.25) is 10.0 Å². The highest BCUT2D eigenvalue weighted by molar-refractivity contribution is 7.87. The molecule has 0 aliphatic rings. The van der Waals surface area contributed by atoms with Crippen LogP contribution in [0.3, 0.4) is 0 Å². The monoisotopic (exact) mass is 390 g/mol. The average molecular weight is 391 g/mol. The fraction of sp³-hybridized carbons (Fsp3) is 0.250. The van der Waals surface area contributed by atoms with Gasteiger partial charge in [0.1, 0.15) is 16.4 Å². The molecule has 8 heteroatoms. The van der Waals surface area contributed by atoms with E-state index >= 15 is 0 Å². The third-order valence-electron chi connectivity index (χ3n) is 2.99. The van der Waals surface area contributed by atoms with Crippen LogP contribution in [0, 0.1) is 6.92 Å². The Balaban J connectivity index is 2.27. The maximum atomic E-state index is 12.4. The third-order valence-corrected chi connectivity index (χ3v) is 5.21. The number of ether oxygens (including phenoxy) is 1. The van der Waals surface area contributed by atoms with E-state index in [0.717, 1.165) is 5.56 Å². The Bertz CT molecular complexity index is 821. The van der Waals surface area contributed by atoms with Gasteiger partial charge in [-0.15, -0.1) is 0 Å². The van der Waals surface area contributed by atoms with Gasteiger partial charge < -0.3 is 14.0 Å². The van der Waals surface area contributed by atoms with Gasteiger partial charge in [-0.1, -0.05) is 29.3 Å². The number of aliphatic hydroxyl groups excluding tert-OH is 1. The molecule has 0 amide bonds. The lowest BCUT2D eigenvalue weighted by atomic mass is 10.2. The average Bonchev–Trinajstić information content (AvgIpc) is 2.49. The van der Waals surface area contributed by atoms with E-state index < -0.39 is 10.1 Å². The zero-order valence-electron chi connectivity index (χ0n) is 12.8. The summed E-state index contributed by atoms with van der Waals surface area (Å²) < 4.78 is 35.4. The molecular formula is C16H16Cl2O5S.